The van der Waals surface area contributed by atoms with Crippen molar-refractivity contribution in [1.82, 2.24) is 4.98 Å². The minimum absolute atomic E-state index is 0.154. The van der Waals surface area contributed by atoms with E-state index >= 15 is 0 Å². The lowest BCUT2D eigenvalue weighted by Gasteiger charge is -2.03. The minimum atomic E-state index is -0.638. The average Bonchev–Trinajstić information content (AvgIpc) is 3.22. The topological polar surface area (TPSA) is 93.5 Å². The smallest absolute Gasteiger partial charge is 0.413 e. The number of nitrogens with zero attached hydrogens (tertiary/aromatic N) is 1. The molecule has 128 valence electrons. The first-order valence-electron chi connectivity index (χ1n) is 7.04. The minimum Gasteiger partial charge on any atom is -0.453 e. The van der Waals surface area contributed by atoms with Crippen LogP contribution in [-0.2, 0) is 4.74 Å². The lowest BCUT2D eigenvalue weighted by atomic mass is 10.2. The van der Waals surface area contributed by atoms with Gasteiger partial charge in [0.25, 0.3) is 5.91 Å². The summed E-state index contributed by atoms with van der Waals surface area (Å²) in [5.74, 6) is -0.266. The van der Waals surface area contributed by atoms with Crippen LogP contribution in [-0.4, -0.2) is 24.1 Å². The van der Waals surface area contributed by atoms with Gasteiger partial charge in [-0.05, 0) is 28.1 Å². The lowest BCUT2D eigenvalue weighted by Crippen LogP contribution is -2.10. The van der Waals surface area contributed by atoms with E-state index in [1.807, 2.05) is 30.3 Å². The zero-order chi connectivity index (χ0) is 17.8. The molecule has 0 saturated heterocycles. The number of amides is 2. The Morgan fingerprint density at radius 3 is 2.56 bits per heavy atom. The summed E-state index contributed by atoms with van der Waals surface area (Å²) in [6.07, 6.45) is -0.638. The molecular formula is C16H12BrN3O4S. The molecule has 0 unspecified atom stereocenters. The third kappa shape index (κ3) is 4.06. The van der Waals surface area contributed by atoms with Gasteiger partial charge in [-0.2, -0.15) is 0 Å². The Hall–Kier alpha value is -2.65. The van der Waals surface area contributed by atoms with Crippen LogP contribution in [0.4, 0.5) is 14.9 Å². The summed E-state index contributed by atoms with van der Waals surface area (Å²) in [5, 5.41) is 6.05. The van der Waals surface area contributed by atoms with Crippen LogP contribution in [0.25, 0.3) is 11.3 Å². The quantitative estimate of drug-likeness (QED) is 0.641. The molecule has 0 bridgehead atoms. The second-order valence-corrected chi connectivity index (χ2v) is 6.52. The van der Waals surface area contributed by atoms with Crippen molar-refractivity contribution in [3.8, 4) is 11.3 Å². The predicted octanol–water partition coefficient (Wildman–Crippen LogP) is 4.60. The molecule has 0 radical (unpaired) electrons. The highest BCUT2D eigenvalue weighted by molar-refractivity contribution is 9.10. The number of hydrogen-bond acceptors (Lipinski definition) is 6. The number of carbonyl (C=O) groups is 2. The predicted molar refractivity (Wildman–Crippen MR) is 97.9 cm³/mol. The van der Waals surface area contributed by atoms with Crippen molar-refractivity contribution in [2.24, 2.45) is 0 Å². The van der Waals surface area contributed by atoms with Crippen molar-refractivity contribution >= 4 is 49.4 Å². The first-order chi connectivity index (χ1) is 12.1. The van der Waals surface area contributed by atoms with Crippen LogP contribution in [0, 0.1) is 0 Å². The first kappa shape index (κ1) is 17.2. The molecule has 0 spiro atoms. The average molecular weight is 422 g/mol. The van der Waals surface area contributed by atoms with Gasteiger partial charge in [0.05, 0.1) is 7.11 Å². The van der Waals surface area contributed by atoms with Crippen molar-refractivity contribution < 1.29 is 18.7 Å². The van der Waals surface area contributed by atoms with Gasteiger partial charge >= 0.3 is 6.09 Å². The Morgan fingerprint density at radius 2 is 1.92 bits per heavy atom. The van der Waals surface area contributed by atoms with Crippen LogP contribution in [0.15, 0.2) is 51.6 Å². The van der Waals surface area contributed by atoms with Crippen molar-refractivity contribution in [2.45, 2.75) is 0 Å². The van der Waals surface area contributed by atoms with Gasteiger partial charge in [-0.25, -0.2) is 9.78 Å². The summed E-state index contributed by atoms with van der Waals surface area (Å²) in [7, 11) is 1.26. The summed E-state index contributed by atoms with van der Waals surface area (Å²) in [4.78, 5) is 28.1. The molecule has 3 aromatic rings. The molecule has 2 amide bonds. The number of ether oxygens (including phenoxy) is 1. The number of thiazole rings is 1. The van der Waals surface area contributed by atoms with Gasteiger partial charge in [-0.15, -0.1) is 0 Å². The fraction of sp³-hybridized carbons (Fsp3) is 0.0625. The maximum Gasteiger partial charge on any atom is 0.413 e. The van der Waals surface area contributed by atoms with Gasteiger partial charge in [0.15, 0.2) is 15.6 Å². The number of anilines is 2. The van der Waals surface area contributed by atoms with E-state index in [0.717, 1.165) is 16.9 Å². The zero-order valence-electron chi connectivity index (χ0n) is 12.9. The molecule has 0 fully saturated rings. The first-order valence-corrected chi connectivity index (χ1v) is 8.65. The molecule has 3 rings (SSSR count). The van der Waals surface area contributed by atoms with Gasteiger partial charge in [-0.3, -0.25) is 10.1 Å². The largest absolute Gasteiger partial charge is 0.453 e. The molecule has 7 nitrogen and oxygen atoms in total. The van der Waals surface area contributed by atoms with E-state index in [2.05, 4.69) is 36.3 Å². The maximum atomic E-state index is 12.3. The summed E-state index contributed by atoms with van der Waals surface area (Å²) in [5.41, 5.74) is 1.34. The number of furan rings is 1. The van der Waals surface area contributed by atoms with Crippen molar-refractivity contribution in [1.29, 1.82) is 0 Å². The van der Waals surface area contributed by atoms with Gasteiger partial charge in [-0.1, -0.05) is 41.7 Å². The highest BCUT2D eigenvalue weighted by Crippen LogP contribution is 2.36. The van der Waals surface area contributed by atoms with E-state index < -0.39 is 12.0 Å². The van der Waals surface area contributed by atoms with Crippen LogP contribution in [0.3, 0.4) is 0 Å². The molecular weight excluding hydrogens is 410 g/mol. The number of methoxy groups -OCH3 is 1. The fourth-order valence-corrected chi connectivity index (χ4v) is 3.16. The van der Waals surface area contributed by atoms with Crippen LogP contribution in [0.5, 0.6) is 0 Å². The Labute approximate surface area is 155 Å². The number of rotatable bonds is 4. The highest BCUT2D eigenvalue weighted by Gasteiger charge is 2.19. The number of benzene rings is 1. The Morgan fingerprint density at radius 1 is 1.16 bits per heavy atom. The van der Waals surface area contributed by atoms with E-state index in [9.17, 15) is 9.59 Å². The van der Waals surface area contributed by atoms with E-state index in [1.54, 1.807) is 12.1 Å². The van der Waals surface area contributed by atoms with Crippen molar-refractivity contribution in [3.63, 3.8) is 0 Å². The number of hydrogen-bond donors (Lipinski definition) is 2. The molecule has 1 aromatic carbocycles. The Balaban J connectivity index is 1.93. The molecule has 2 aromatic heterocycles. The zero-order valence-corrected chi connectivity index (χ0v) is 15.3. The van der Waals surface area contributed by atoms with Gasteiger partial charge < -0.3 is 14.5 Å². The molecule has 9 heteroatoms. The van der Waals surface area contributed by atoms with E-state index in [-0.39, 0.29) is 5.76 Å². The number of carbonyl (C=O) groups excluding carboxylic acids is 2. The molecule has 0 aliphatic heterocycles. The summed E-state index contributed by atoms with van der Waals surface area (Å²) >= 11 is 4.28. The van der Waals surface area contributed by atoms with Gasteiger partial charge in [0, 0.05) is 5.56 Å². The SMILES string of the molecule is COC(=O)Nc1nc(-c2ccccc2)c(NC(=O)c2ccc(Br)o2)s1. The van der Waals surface area contributed by atoms with Crippen LogP contribution in [0.1, 0.15) is 10.6 Å². The van der Waals surface area contributed by atoms with Gasteiger partial charge in [0.2, 0.25) is 0 Å². The summed E-state index contributed by atoms with van der Waals surface area (Å²) < 4.78 is 10.3. The van der Waals surface area contributed by atoms with Crippen LogP contribution >= 0.6 is 27.3 Å². The third-order valence-electron chi connectivity index (χ3n) is 3.09. The Bertz CT molecular complexity index is 907. The normalized spacial score (nSPS) is 10.3. The third-order valence-corrected chi connectivity index (χ3v) is 4.41. The molecule has 0 saturated carbocycles. The summed E-state index contributed by atoms with van der Waals surface area (Å²) in [6, 6.07) is 12.5. The van der Waals surface area contributed by atoms with E-state index in [1.165, 1.54) is 7.11 Å². The second-order valence-electron chi connectivity index (χ2n) is 4.74. The molecule has 25 heavy (non-hydrogen) atoms. The van der Waals surface area contributed by atoms with Crippen molar-refractivity contribution in [2.75, 3.05) is 17.7 Å². The molecule has 0 atom stereocenters. The maximum absolute atomic E-state index is 12.3. The number of halogens is 1. The van der Waals surface area contributed by atoms with Gasteiger partial charge in [0.1, 0.15) is 10.7 Å². The van der Waals surface area contributed by atoms with Crippen LogP contribution in [0.2, 0.25) is 0 Å². The lowest BCUT2D eigenvalue weighted by molar-refractivity contribution is 0.0996. The highest BCUT2D eigenvalue weighted by atomic mass is 79.9. The molecule has 0 aliphatic rings. The summed E-state index contributed by atoms with van der Waals surface area (Å²) in [6.45, 7) is 0. The number of aromatic nitrogens is 1. The fourth-order valence-electron chi connectivity index (χ4n) is 1.99. The standard InChI is InChI=1S/C16H12BrN3O4S/c1-23-16(22)20-15-18-12(9-5-3-2-4-6-9)14(25-15)19-13(21)10-7-8-11(17)24-10/h2-8H,1H3,(H,19,21)(H,18,20,22). The van der Waals surface area contributed by atoms with Crippen molar-refractivity contribution in [3.05, 3.63) is 52.9 Å². The van der Waals surface area contributed by atoms with E-state index in [4.69, 9.17) is 4.42 Å². The van der Waals surface area contributed by atoms with E-state index in [0.29, 0.717) is 20.5 Å². The molecule has 2 heterocycles. The Kier molecular flexibility index (Phi) is 5.15. The number of nitrogens with one attached hydrogen (secondary N) is 2. The molecule has 2 N–H and O–H groups in total. The molecule has 0 aliphatic carbocycles. The second kappa shape index (κ2) is 7.49. The van der Waals surface area contributed by atoms with Crippen LogP contribution < -0.4 is 10.6 Å². The monoisotopic (exact) mass is 421 g/mol.